The summed E-state index contributed by atoms with van der Waals surface area (Å²) in [5, 5.41) is 0. The standard InChI is InChI=1S/C15H11BrF2O2/c1-9(15(19)10-2-4-11(17)5-3-10)20-14-7-6-12(18)8-13(14)16/h2-9H,1H3. The zero-order chi connectivity index (χ0) is 14.7. The summed E-state index contributed by atoms with van der Waals surface area (Å²) in [7, 11) is 0. The van der Waals surface area contributed by atoms with E-state index in [9.17, 15) is 13.6 Å². The Kier molecular flexibility index (Phi) is 4.49. The van der Waals surface area contributed by atoms with Gasteiger partial charge in [-0.1, -0.05) is 0 Å². The van der Waals surface area contributed by atoms with Crippen LogP contribution in [0.2, 0.25) is 0 Å². The molecule has 0 heterocycles. The van der Waals surface area contributed by atoms with Gasteiger partial charge in [0.2, 0.25) is 5.78 Å². The monoisotopic (exact) mass is 340 g/mol. The van der Waals surface area contributed by atoms with Gasteiger partial charge in [0.25, 0.3) is 0 Å². The Morgan fingerprint density at radius 2 is 1.70 bits per heavy atom. The third-order valence-corrected chi connectivity index (χ3v) is 3.32. The van der Waals surface area contributed by atoms with Crippen LogP contribution in [0.3, 0.4) is 0 Å². The quantitative estimate of drug-likeness (QED) is 0.772. The number of ether oxygens (including phenoxy) is 1. The molecule has 0 amide bonds. The lowest BCUT2D eigenvalue weighted by atomic mass is 10.1. The number of hydrogen-bond acceptors (Lipinski definition) is 2. The van der Waals surface area contributed by atoms with Gasteiger partial charge in [-0.3, -0.25) is 4.79 Å². The van der Waals surface area contributed by atoms with Crippen LogP contribution in [-0.4, -0.2) is 11.9 Å². The van der Waals surface area contributed by atoms with E-state index in [1.165, 1.54) is 42.5 Å². The molecule has 0 aromatic heterocycles. The third kappa shape index (κ3) is 3.42. The molecular formula is C15H11BrF2O2. The normalized spacial score (nSPS) is 12.0. The number of ketones is 1. The maximum absolute atomic E-state index is 13.0. The second-order valence-electron chi connectivity index (χ2n) is 4.21. The van der Waals surface area contributed by atoms with Crippen molar-refractivity contribution in [2.75, 3.05) is 0 Å². The number of carbonyl (C=O) groups excluding carboxylic acids is 1. The predicted octanol–water partition coefficient (Wildman–Crippen LogP) is 4.38. The summed E-state index contributed by atoms with van der Waals surface area (Å²) in [5.74, 6) is -0.714. The van der Waals surface area contributed by atoms with Crippen LogP contribution >= 0.6 is 15.9 Å². The van der Waals surface area contributed by atoms with Crippen LogP contribution in [0.5, 0.6) is 5.75 Å². The summed E-state index contributed by atoms with van der Waals surface area (Å²) < 4.78 is 31.7. The fourth-order valence-corrected chi connectivity index (χ4v) is 2.11. The van der Waals surface area contributed by atoms with Crippen molar-refractivity contribution in [3.8, 4) is 5.75 Å². The third-order valence-electron chi connectivity index (χ3n) is 2.70. The van der Waals surface area contributed by atoms with E-state index in [0.717, 1.165) is 0 Å². The number of halogens is 3. The second kappa shape index (κ2) is 6.13. The molecule has 0 spiro atoms. The van der Waals surface area contributed by atoms with Gasteiger partial charge in [0.15, 0.2) is 6.10 Å². The molecule has 1 unspecified atom stereocenters. The molecule has 5 heteroatoms. The summed E-state index contributed by atoms with van der Waals surface area (Å²) >= 11 is 3.16. The minimum absolute atomic E-state index is 0.277. The Bertz CT molecular complexity index is 626. The van der Waals surface area contributed by atoms with Crippen molar-refractivity contribution in [3.63, 3.8) is 0 Å². The van der Waals surface area contributed by atoms with Crippen molar-refractivity contribution in [3.05, 3.63) is 64.1 Å². The highest BCUT2D eigenvalue weighted by Crippen LogP contribution is 2.26. The highest BCUT2D eigenvalue weighted by atomic mass is 79.9. The predicted molar refractivity (Wildman–Crippen MR) is 74.9 cm³/mol. The van der Waals surface area contributed by atoms with Gasteiger partial charge < -0.3 is 4.74 Å². The fourth-order valence-electron chi connectivity index (χ4n) is 1.66. The maximum atomic E-state index is 13.0. The smallest absolute Gasteiger partial charge is 0.202 e. The second-order valence-corrected chi connectivity index (χ2v) is 5.06. The number of rotatable bonds is 4. The van der Waals surface area contributed by atoms with E-state index >= 15 is 0 Å². The topological polar surface area (TPSA) is 26.3 Å². The summed E-state index contributed by atoms with van der Waals surface area (Å²) in [6, 6.07) is 9.17. The number of carbonyl (C=O) groups is 1. The molecule has 0 aliphatic heterocycles. The van der Waals surface area contributed by atoms with Crippen LogP contribution in [0.4, 0.5) is 8.78 Å². The van der Waals surface area contributed by atoms with Crippen molar-refractivity contribution in [2.45, 2.75) is 13.0 Å². The first-order chi connectivity index (χ1) is 9.47. The number of hydrogen-bond donors (Lipinski definition) is 0. The minimum atomic E-state index is -0.762. The van der Waals surface area contributed by atoms with Crippen molar-refractivity contribution in [1.29, 1.82) is 0 Å². The average Bonchev–Trinajstić information content (AvgIpc) is 2.42. The number of benzene rings is 2. The van der Waals surface area contributed by atoms with Crippen LogP contribution in [-0.2, 0) is 0 Å². The van der Waals surface area contributed by atoms with Crippen molar-refractivity contribution >= 4 is 21.7 Å². The van der Waals surface area contributed by atoms with Crippen LogP contribution < -0.4 is 4.74 Å². The van der Waals surface area contributed by atoms with E-state index in [-0.39, 0.29) is 5.78 Å². The average molecular weight is 341 g/mol. The van der Waals surface area contributed by atoms with E-state index in [0.29, 0.717) is 15.8 Å². The molecule has 104 valence electrons. The molecule has 0 saturated carbocycles. The van der Waals surface area contributed by atoms with E-state index in [1.807, 2.05) is 0 Å². The van der Waals surface area contributed by atoms with Crippen LogP contribution in [0.15, 0.2) is 46.9 Å². The first-order valence-corrected chi connectivity index (χ1v) is 6.68. The largest absolute Gasteiger partial charge is 0.481 e. The lowest BCUT2D eigenvalue weighted by molar-refractivity contribution is 0.0817. The van der Waals surface area contributed by atoms with E-state index < -0.39 is 17.7 Å². The SMILES string of the molecule is CC(Oc1ccc(F)cc1Br)C(=O)c1ccc(F)cc1. The molecule has 2 rings (SSSR count). The highest BCUT2D eigenvalue weighted by molar-refractivity contribution is 9.10. The van der Waals surface area contributed by atoms with Crippen molar-refractivity contribution in [1.82, 2.24) is 0 Å². The Balaban J connectivity index is 2.13. The Morgan fingerprint density at radius 3 is 2.30 bits per heavy atom. The van der Waals surface area contributed by atoms with E-state index in [2.05, 4.69) is 15.9 Å². The summed E-state index contributed by atoms with van der Waals surface area (Å²) in [5.41, 5.74) is 0.358. The minimum Gasteiger partial charge on any atom is -0.481 e. The van der Waals surface area contributed by atoms with Gasteiger partial charge in [0.1, 0.15) is 17.4 Å². The molecule has 0 saturated heterocycles. The van der Waals surface area contributed by atoms with Crippen molar-refractivity contribution in [2.24, 2.45) is 0 Å². The molecule has 2 aromatic carbocycles. The van der Waals surface area contributed by atoms with E-state index in [4.69, 9.17) is 4.74 Å². The molecule has 0 bridgehead atoms. The van der Waals surface area contributed by atoms with Crippen LogP contribution in [0, 0.1) is 11.6 Å². The first-order valence-electron chi connectivity index (χ1n) is 5.89. The molecule has 0 aliphatic rings. The molecule has 2 aromatic rings. The lowest BCUT2D eigenvalue weighted by Gasteiger charge is -2.15. The van der Waals surface area contributed by atoms with Gasteiger partial charge in [-0.05, 0) is 65.3 Å². The van der Waals surface area contributed by atoms with Crippen molar-refractivity contribution < 1.29 is 18.3 Å². The van der Waals surface area contributed by atoms with Gasteiger partial charge in [-0.25, -0.2) is 8.78 Å². The number of Topliss-reactive ketones (excluding diaryl/α,β-unsaturated/α-hetero) is 1. The maximum Gasteiger partial charge on any atom is 0.202 e. The Morgan fingerprint density at radius 1 is 1.10 bits per heavy atom. The lowest BCUT2D eigenvalue weighted by Crippen LogP contribution is -2.24. The molecule has 20 heavy (non-hydrogen) atoms. The van der Waals surface area contributed by atoms with Gasteiger partial charge in [0.05, 0.1) is 4.47 Å². The Hall–Kier alpha value is -1.75. The molecule has 0 fully saturated rings. The van der Waals surface area contributed by atoms with Gasteiger partial charge >= 0.3 is 0 Å². The molecule has 0 radical (unpaired) electrons. The highest BCUT2D eigenvalue weighted by Gasteiger charge is 2.18. The van der Waals surface area contributed by atoms with E-state index in [1.54, 1.807) is 6.92 Å². The zero-order valence-electron chi connectivity index (χ0n) is 10.6. The molecule has 0 aliphatic carbocycles. The van der Waals surface area contributed by atoms with Gasteiger partial charge in [-0.15, -0.1) is 0 Å². The molecule has 2 nitrogen and oxygen atoms in total. The Labute approximate surface area is 123 Å². The summed E-state index contributed by atoms with van der Waals surface area (Å²) in [6.45, 7) is 1.58. The molecular weight excluding hydrogens is 330 g/mol. The molecule has 0 N–H and O–H groups in total. The first kappa shape index (κ1) is 14.7. The van der Waals surface area contributed by atoms with Gasteiger partial charge in [0, 0.05) is 5.56 Å². The summed E-state index contributed by atoms with van der Waals surface area (Å²) in [4.78, 5) is 12.1. The van der Waals surface area contributed by atoms with Crippen LogP contribution in [0.1, 0.15) is 17.3 Å². The van der Waals surface area contributed by atoms with Gasteiger partial charge in [-0.2, -0.15) is 0 Å². The summed E-state index contributed by atoms with van der Waals surface area (Å²) in [6.07, 6.45) is -0.762. The molecule has 1 atom stereocenters. The fraction of sp³-hybridized carbons (Fsp3) is 0.133. The zero-order valence-corrected chi connectivity index (χ0v) is 12.2. The van der Waals surface area contributed by atoms with Crippen LogP contribution in [0.25, 0.3) is 0 Å².